The molecular formula is C24H27FN3OS+. The lowest BCUT2D eigenvalue weighted by Crippen LogP contribution is -3.13. The van der Waals surface area contributed by atoms with Crippen LogP contribution in [0, 0.1) is 5.82 Å². The van der Waals surface area contributed by atoms with E-state index in [2.05, 4.69) is 18.2 Å². The molecule has 1 amide bonds. The standard InChI is InChI=1S/C24H26FN3OS/c25-19-7-5-17(6-8-19)15-28(20-9-10-20)16-23(29)27-13-11-18(12-14-27)24-26-21-3-1-2-4-22(21)30-24/h1-8,18,20H,9-16H2/p+1. The van der Waals surface area contributed by atoms with E-state index in [4.69, 9.17) is 4.98 Å². The maximum absolute atomic E-state index is 13.2. The smallest absolute Gasteiger partial charge is 0.277 e. The summed E-state index contributed by atoms with van der Waals surface area (Å²) in [4.78, 5) is 21.2. The Morgan fingerprint density at radius 1 is 1.07 bits per heavy atom. The summed E-state index contributed by atoms with van der Waals surface area (Å²) in [5.74, 6) is 0.498. The molecule has 0 radical (unpaired) electrons. The minimum Gasteiger partial charge on any atom is -0.338 e. The molecule has 1 atom stereocenters. The minimum absolute atomic E-state index is 0.209. The number of likely N-dealkylation sites (tertiary alicyclic amines) is 1. The second-order valence-electron chi connectivity index (χ2n) is 8.59. The number of benzene rings is 2. The van der Waals surface area contributed by atoms with E-state index in [1.54, 1.807) is 11.3 Å². The van der Waals surface area contributed by atoms with Gasteiger partial charge in [0.05, 0.1) is 21.3 Å². The summed E-state index contributed by atoms with van der Waals surface area (Å²) in [6.45, 7) is 2.95. The van der Waals surface area contributed by atoms with Crippen LogP contribution in [-0.4, -0.2) is 41.5 Å². The molecular weight excluding hydrogens is 397 g/mol. The number of fused-ring (bicyclic) bond motifs is 1. The molecule has 3 aromatic rings. The van der Waals surface area contributed by atoms with Gasteiger partial charge in [-0.25, -0.2) is 9.37 Å². The summed E-state index contributed by atoms with van der Waals surface area (Å²) in [6, 6.07) is 15.6. The van der Waals surface area contributed by atoms with Gasteiger partial charge in [-0.2, -0.15) is 0 Å². The van der Waals surface area contributed by atoms with E-state index < -0.39 is 0 Å². The number of rotatable bonds is 6. The molecule has 1 saturated carbocycles. The van der Waals surface area contributed by atoms with Gasteiger partial charge in [-0.1, -0.05) is 24.3 Å². The predicted octanol–water partition coefficient (Wildman–Crippen LogP) is 3.39. The SMILES string of the molecule is O=C(C[NH+](Cc1ccc(F)cc1)C1CC1)N1CCC(c2nc3ccccc3s2)CC1. The maximum Gasteiger partial charge on any atom is 0.277 e. The Balaban J connectivity index is 1.18. The first kappa shape index (κ1) is 19.6. The molecule has 2 fully saturated rings. The molecule has 1 saturated heterocycles. The third kappa shape index (κ3) is 4.40. The quantitative estimate of drug-likeness (QED) is 0.659. The molecule has 6 heteroatoms. The van der Waals surface area contributed by atoms with Crippen LogP contribution in [0.4, 0.5) is 4.39 Å². The third-order valence-corrected chi connectivity index (χ3v) is 7.58. The fourth-order valence-corrected chi connectivity index (χ4v) is 5.59. The van der Waals surface area contributed by atoms with Crippen molar-refractivity contribution in [3.05, 3.63) is 64.9 Å². The van der Waals surface area contributed by atoms with Crippen molar-refractivity contribution < 1.29 is 14.1 Å². The fraction of sp³-hybridized carbons (Fsp3) is 0.417. The normalized spacial score (nSPS) is 18.6. The Morgan fingerprint density at radius 2 is 1.80 bits per heavy atom. The highest BCUT2D eigenvalue weighted by atomic mass is 32.1. The highest BCUT2D eigenvalue weighted by Crippen LogP contribution is 2.33. The Morgan fingerprint density at radius 3 is 2.50 bits per heavy atom. The molecule has 1 unspecified atom stereocenters. The predicted molar refractivity (Wildman–Crippen MR) is 117 cm³/mol. The zero-order valence-corrected chi connectivity index (χ0v) is 17.8. The number of quaternary nitrogens is 1. The van der Waals surface area contributed by atoms with E-state index in [-0.39, 0.29) is 11.7 Å². The van der Waals surface area contributed by atoms with Crippen LogP contribution >= 0.6 is 11.3 Å². The second-order valence-corrected chi connectivity index (χ2v) is 9.65. The molecule has 2 aliphatic rings. The largest absolute Gasteiger partial charge is 0.338 e. The Kier molecular flexibility index (Phi) is 5.52. The van der Waals surface area contributed by atoms with Crippen LogP contribution < -0.4 is 4.90 Å². The molecule has 30 heavy (non-hydrogen) atoms. The molecule has 1 aliphatic carbocycles. The number of hydrogen-bond acceptors (Lipinski definition) is 3. The monoisotopic (exact) mass is 424 g/mol. The number of nitrogens with one attached hydrogen (secondary N) is 1. The zero-order chi connectivity index (χ0) is 20.5. The maximum atomic E-state index is 13.2. The number of halogens is 1. The Bertz CT molecular complexity index is 989. The Labute approximate surface area is 180 Å². The van der Waals surface area contributed by atoms with Crippen LogP contribution in [0.5, 0.6) is 0 Å². The highest BCUT2D eigenvalue weighted by Gasteiger charge is 2.36. The molecule has 2 aromatic carbocycles. The number of carbonyl (C=O) groups is 1. The lowest BCUT2D eigenvalue weighted by molar-refractivity contribution is -0.917. The topological polar surface area (TPSA) is 37.6 Å². The number of piperidine rings is 1. The highest BCUT2D eigenvalue weighted by molar-refractivity contribution is 7.18. The summed E-state index contributed by atoms with van der Waals surface area (Å²) in [6.07, 6.45) is 4.34. The van der Waals surface area contributed by atoms with Gasteiger partial charge in [0.25, 0.3) is 5.91 Å². The summed E-state index contributed by atoms with van der Waals surface area (Å²) < 4.78 is 14.4. The summed E-state index contributed by atoms with van der Waals surface area (Å²) in [7, 11) is 0. The van der Waals surface area contributed by atoms with Crippen LogP contribution in [0.1, 0.15) is 42.2 Å². The first-order valence-corrected chi connectivity index (χ1v) is 11.7. The zero-order valence-electron chi connectivity index (χ0n) is 17.0. The van der Waals surface area contributed by atoms with E-state index >= 15 is 0 Å². The van der Waals surface area contributed by atoms with Crippen LogP contribution in [0.3, 0.4) is 0 Å². The average Bonchev–Trinajstić information content (AvgIpc) is 3.53. The van der Waals surface area contributed by atoms with Crippen LogP contribution in [0.2, 0.25) is 0 Å². The van der Waals surface area contributed by atoms with Crippen LogP contribution in [0.15, 0.2) is 48.5 Å². The number of amides is 1. The molecule has 156 valence electrons. The molecule has 0 spiro atoms. The summed E-state index contributed by atoms with van der Waals surface area (Å²) in [5, 5.41) is 1.21. The van der Waals surface area contributed by atoms with Gasteiger partial charge in [0.15, 0.2) is 6.54 Å². The van der Waals surface area contributed by atoms with E-state index in [1.165, 1.54) is 39.6 Å². The van der Waals surface area contributed by atoms with Crippen molar-refractivity contribution >= 4 is 27.5 Å². The van der Waals surface area contributed by atoms with Crippen LogP contribution in [-0.2, 0) is 11.3 Å². The van der Waals surface area contributed by atoms with Crippen molar-refractivity contribution in [3.8, 4) is 0 Å². The number of para-hydroxylation sites is 1. The fourth-order valence-electron chi connectivity index (χ4n) is 4.45. The van der Waals surface area contributed by atoms with Gasteiger partial charge in [-0.15, -0.1) is 11.3 Å². The average molecular weight is 425 g/mol. The van der Waals surface area contributed by atoms with Crippen molar-refractivity contribution in [1.82, 2.24) is 9.88 Å². The summed E-state index contributed by atoms with van der Waals surface area (Å²) >= 11 is 1.79. The molecule has 4 nitrogen and oxygen atoms in total. The summed E-state index contributed by atoms with van der Waals surface area (Å²) in [5.41, 5.74) is 2.18. The van der Waals surface area contributed by atoms with E-state index in [1.807, 2.05) is 23.1 Å². The lowest BCUT2D eigenvalue weighted by atomic mass is 9.97. The van der Waals surface area contributed by atoms with Crippen molar-refractivity contribution in [1.29, 1.82) is 0 Å². The van der Waals surface area contributed by atoms with Gasteiger partial charge in [0.1, 0.15) is 12.4 Å². The van der Waals surface area contributed by atoms with Gasteiger partial charge < -0.3 is 9.80 Å². The van der Waals surface area contributed by atoms with Gasteiger partial charge in [-0.3, -0.25) is 4.79 Å². The van der Waals surface area contributed by atoms with Crippen LogP contribution in [0.25, 0.3) is 10.2 Å². The second kappa shape index (κ2) is 8.44. The van der Waals surface area contributed by atoms with Crippen molar-refractivity contribution in [2.24, 2.45) is 0 Å². The first-order valence-electron chi connectivity index (χ1n) is 10.9. The lowest BCUT2D eigenvalue weighted by Gasteiger charge is -2.32. The van der Waals surface area contributed by atoms with Gasteiger partial charge in [0.2, 0.25) is 0 Å². The number of nitrogens with zero attached hydrogens (tertiary/aromatic N) is 2. The molecule has 0 bridgehead atoms. The van der Waals surface area contributed by atoms with Gasteiger partial charge >= 0.3 is 0 Å². The van der Waals surface area contributed by atoms with E-state index in [0.717, 1.165) is 43.6 Å². The molecule has 1 N–H and O–H groups in total. The van der Waals surface area contributed by atoms with Gasteiger partial charge in [0, 0.05) is 37.4 Å². The van der Waals surface area contributed by atoms with E-state index in [9.17, 15) is 9.18 Å². The van der Waals surface area contributed by atoms with E-state index in [0.29, 0.717) is 18.5 Å². The Hall–Kier alpha value is -2.31. The molecule has 5 rings (SSSR count). The van der Waals surface area contributed by atoms with Crippen molar-refractivity contribution in [2.45, 2.75) is 44.2 Å². The van der Waals surface area contributed by atoms with Crippen molar-refractivity contribution in [3.63, 3.8) is 0 Å². The number of carbonyl (C=O) groups excluding carboxylic acids is 1. The third-order valence-electron chi connectivity index (χ3n) is 6.38. The molecule has 2 heterocycles. The number of hydrogen-bond donors (Lipinski definition) is 1. The minimum atomic E-state index is -0.209. The van der Waals surface area contributed by atoms with Gasteiger partial charge in [-0.05, 0) is 37.1 Å². The molecule has 1 aliphatic heterocycles. The van der Waals surface area contributed by atoms with Crippen molar-refractivity contribution in [2.75, 3.05) is 19.6 Å². The molecule has 1 aromatic heterocycles. The first-order chi connectivity index (χ1) is 14.7. The number of thiazole rings is 1. The number of aromatic nitrogens is 1.